The Bertz CT molecular complexity index is 1000. The number of carbonyl (C=O) groups is 1. The molecule has 5 nitrogen and oxygen atoms in total. The summed E-state index contributed by atoms with van der Waals surface area (Å²) in [7, 11) is 0. The summed E-state index contributed by atoms with van der Waals surface area (Å²) in [6.07, 6.45) is 3.45. The second-order valence-electron chi connectivity index (χ2n) is 8.42. The third kappa shape index (κ3) is 3.00. The third-order valence-electron chi connectivity index (χ3n) is 6.47. The molecule has 0 aliphatic carbocycles. The molecule has 1 unspecified atom stereocenters. The first-order valence-electron chi connectivity index (χ1n) is 10.2. The molecule has 1 amide bonds. The van der Waals surface area contributed by atoms with Gasteiger partial charge in [0.15, 0.2) is 0 Å². The minimum absolute atomic E-state index is 0.140. The van der Waals surface area contributed by atoms with Crippen LogP contribution in [0.2, 0.25) is 0 Å². The summed E-state index contributed by atoms with van der Waals surface area (Å²) in [5.74, 6) is 0.976. The number of aromatic nitrogens is 2. The Kier molecular flexibility index (Phi) is 4.20. The van der Waals surface area contributed by atoms with Crippen LogP contribution in [0.25, 0.3) is 22.4 Å². The fourth-order valence-electron chi connectivity index (χ4n) is 4.95. The zero-order chi connectivity index (χ0) is 19.1. The molecule has 1 spiro atoms. The number of imidazole rings is 1. The van der Waals surface area contributed by atoms with E-state index in [0.717, 1.165) is 54.0 Å². The Hall–Kier alpha value is -2.66. The molecule has 0 radical (unpaired) electrons. The van der Waals surface area contributed by atoms with E-state index in [0.29, 0.717) is 11.5 Å². The molecule has 5 heteroatoms. The maximum Gasteiger partial charge on any atom is 0.254 e. The van der Waals surface area contributed by atoms with Crippen molar-refractivity contribution in [2.75, 3.05) is 19.6 Å². The summed E-state index contributed by atoms with van der Waals surface area (Å²) in [6, 6.07) is 16.2. The number of rotatable bonds is 2. The minimum atomic E-state index is 0.140. The van der Waals surface area contributed by atoms with Gasteiger partial charge in [-0.25, -0.2) is 4.98 Å². The molecule has 2 aliphatic heterocycles. The smallest absolute Gasteiger partial charge is 0.254 e. The second-order valence-corrected chi connectivity index (χ2v) is 8.42. The van der Waals surface area contributed by atoms with Gasteiger partial charge < -0.3 is 15.2 Å². The fraction of sp³-hybridized carbons (Fsp3) is 0.391. The number of aromatic amines is 1. The Labute approximate surface area is 165 Å². The standard InChI is InChI=1S/C23H26N4O/c1-16-14-23(9-11-24-12-10-23)15-27(16)22(28)18-7-8-19-20(13-18)26-21(25-19)17-5-3-2-4-6-17/h2-8,13,16,24H,9-12,14-15H2,1H3,(H,25,26). The van der Waals surface area contributed by atoms with Gasteiger partial charge in [-0.2, -0.15) is 0 Å². The molecule has 0 saturated carbocycles. The van der Waals surface area contributed by atoms with E-state index in [1.54, 1.807) is 0 Å². The number of hydrogen-bond donors (Lipinski definition) is 2. The molecule has 2 aliphatic rings. The van der Waals surface area contributed by atoms with Crippen LogP contribution < -0.4 is 5.32 Å². The van der Waals surface area contributed by atoms with Crippen molar-refractivity contribution in [2.24, 2.45) is 5.41 Å². The number of fused-ring (bicyclic) bond motifs is 1. The summed E-state index contributed by atoms with van der Waals surface area (Å²) in [5, 5.41) is 3.45. The van der Waals surface area contributed by atoms with Gasteiger partial charge in [-0.1, -0.05) is 30.3 Å². The molecule has 144 valence electrons. The number of piperidine rings is 1. The first-order chi connectivity index (χ1) is 13.6. The van der Waals surface area contributed by atoms with E-state index in [1.165, 1.54) is 12.8 Å². The van der Waals surface area contributed by atoms with Crippen LogP contribution in [0, 0.1) is 5.41 Å². The van der Waals surface area contributed by atoms with E-state index in [-0.39, 0.29) is 5.91 Å². The van der Waals surface area contributed by atoms with E-state index in [2.05, 4.69) is 27.1 Å². The number of H-pyrrole nitrogens is 1. The van der Waals surface area contributed by atoms with Crippen LogP contribution >= 0.6 is 0 Å². The average Bonchev–Trinajstić information content (AvgIpc) is 3.29. The Morgan fingerprint density at radius 1 is 1.14 bits per heavy atom. The molecular weight excluding hydrogens is 348 g/mol. The molecule has 2 aromatic carbocycles. The Balaban J connectivity index is 1.42. The summed E-state index contributed by atoms with van der Waals surface area (Å²) in [4.78, 5) is 23.4. The van der Waals surface area contributed by atoms with Crippen LogP contribution in [0.4, 0.5) is 0 Å². The molecule has 5 rings (SSSR count). The number of nitrogens with zero attached hydrogens (tertiary/aromatic N) is 2. The van der Waals surface area contributed by atoms with Crippen molar-refractivity contribution >= 4 is 16.9 Å². The molecule has 2 saturated heterocycles. The highest BCUT2D eigenvalue weighted by Gasteiger charge is 2.44. The molecular formula is C23H26N4O. The van der Waals surface area contributed by atoms with Crippen molar-refractivity contribution < 1.29 is 4.79 Å². The predicted molar refractivity (Wildman–Crippen MR) is 111 cm³/mol. The predicted octanol–water partition coefficient (Wildman–Crippen LogP) is 3.83. The van der Waals surface area contributed by atoms with Crippen LogP contribution in [0.5, 0.6) is 0 Å². The lowest BCUT2D eigenvalue weighted by Gasteiger charge is -2.33. The van der Waals surface area contributed by atoms with Gasteiger partial charge in [0.1, 0.15) is 5.82 Å². The monoisotopic (exact) mass is 374 g/mol. The number of amides is 1. The van der Waals surface area contributed by atoms with Gasteiger partial charge in [0.05, 0.1) is 11.0 Å². The lowest BCUT2D eigenvalue weighted by Crippen LogP contribution is -2.40. The highest BCUT2D eigenvalue weighted by molar-refractivity contribution is 5.98. The number of nitrogens with one attached hydrogen (secondary N) is 2. The quantitative estimate of drug-likeness (QED) is 0.717. The van der Waals surface area contributed by atoms with Crippen LogP contribution in [0.3, 0.4) is 0 Å². The molecule has 28 heavy (non-hydrogen) atoms. The van der Waals surface area contributed by atoms with Gasteiger partial charge in [0.2, 0.25) is 0 Å². The highest BCUT2D eigenvalue weighted by atomic mass is 16.2. The van der Waals surface area contributed by atoms with Crippen LogP contribution in [0.1, 0.15) is 36.5 Å². The molecule has 0 bridgehead atoms. The van der Waals surface area contributed by atoms with Gasteiger partial charge in [-0.3, -0.25) is 4.79 Å². The molecule has 1 atom stereocenters. The summed E-state index contributed by atoms with van der Waals surface area (Å²) >= 11 is 0. The SMILES string of the molecule is CC1CC2(CCNCC2)CN1C(=O)c1ccc2nc(-c3ccccc3)[nH]c2c1. The summed E-state index contributed by atoms with van der Waals surface area (Å²) in [6.45, 7) is 5.20. The van der Waals surface area contributed by atoms with E-state index >= 15 is 0 Å². The lowest BCUT2D eigenvalue weighted by molar-refractivity contribution is 0.0723. The van der Waals surface area contributed by atoms with Crippen LogP contribution in [0.15, 0.2) is 48.5 Å². The van der Waals surface area contributed by atoms with E-state index in [4.69, 9.17) is 0 Å². The first-order valence-corrected chi connectivity index (χ1v) is 10.2. The minimum Gasteiger partial charge on any atom is -0.338 e. The van der Waals surface area contributed by atoms with Gasteiger partial charge in [0, 0.05) is 23.7 Å². The highest BCUT2D eigenvalue weighted by Crippen LogP contribution is 2.42. The van der Waals surface area contributed by atoms with Crippen LogP contribution in [-0.4, -0.2) is 46.5 Å². The van der Waals surface area contributed by atoms with Gasteiger partial charge in [0.25, 0.3) is 5.91 Å². The number of benzene rings is 2. The number of carbonyl (C=O) groups excluding carboxylic acids is 1. The van der Waals surface area contributed by atoms with Crippen molar-refractivity contribution in [1.29, 1.82) is 0 Å². The zero-order valence-corrected chi connectivity index (χ0v) is 16.2. The number of hydrogen-bond acceptors (Lipinski definition) is 3. The van der Waals surface area contributed by atoms with E-state index in [1.807, 2.05) is 48.5 Å². The van der Waals surface area contributed by atoms with Crippen molar-refractivity contribution in [3.05, 3.63) is 54.1 Å². The Morgan fingerprint density at radius 2 is 1.93 bits per heavy atom. The molecule has 2 N–H and O–H groups in total. The lowest BCUT2D eigenvalue weighted by atomic mass is 9.77. The molecule has 1 aromatic heterocycles. The first kappa shape index (κ1) is 17.4. The second kappa shape index (κ2) is 6.74. The van der Waals surface area contributed by atoms with Crippen molar-refractivity contribution in [1.82, 2.24) is 20.2 Å². The summed E-state index contributed by atoms with van der Waals surface area (Å²) in [5.41, 5.74) is 3.90. The molecule has 2 fully saturated rings. The van der Waals surface area contributed by atoms with Crippen molar-refractivity contribution in [3.8, 4) is 11.4 Å². The summed E-state index contributed by atoms with van der Waals surface area (Å²) < 4.78 is 0. The average molecular weight is 374 g/mol. The normalized spacial score (nSPS) is 21.5. The van der Waals surface area contributed by atoms with Gasteiger partial charge >= 0.3 is 0 Å². The maximum absolute atomic E-state index is 13.3. The number of likely N-dealkylation sites (tertiary alicyclic amines) is 1. The van der Waals surface area contributed by atoms with Gasteiger partial charge in [-0.05, 0) is 62.9 Å². The largest absolute Gasteiger partial charge is 0.338 e. The van der Waals surface area contributed by atoms with Crippen molar-refractivity contribution in [2.45, 2.75) is 32.2 Å². The van der Waals surface area contributed by atoms with Crippen LogP contribution in [-0.2, 0) is 0 Å². The topological polar surface area (TPSA) is 61.0 Å². The maximum atomic E-state index is 13.3. The van der Waals surface area contributed by atoms with E-state index < -0.39 is 0 Å². The van der Waals surface area contributed by atoms with E-state index in [9.17, 15) is 4.79 Å². The fourth-order valence-corrected chi connectivity index (χ4v) is 4.95. The van der Waals surface area contributed by atoms with Crippen molar-refractivity contribution in [3.63, 3.8) is 0 Å². The zero-order valence-electron chi connectivity index (χ0n) is 16.2. The van der Waals surface area contributed by atoms with Gasteiger partial charge in [-0.15, -0.1) is 0 Å². The molecule has 3 heterocycles. The Morgan fingerprint density at radius 3 is 2.71 bits per heavy atom. The third-order valence-corrected chi connectivity index (χ3v) is 6.47. The molecule has 3 aromatic rings.